The molecule has 102 valence electrons. The van der Waals surface area contributed by atoms with Crippen LogP contribution in [0.4, 0.5) is 0 Å². The quantitative estimate of drug-likeness (QED) is 0.904. The van der Waals surface area contributed by atoms with Crippen LogP contribution >= 0.6 is 11.8 Å². The normalized spacial score (nSPS) is 17.4. The summed E-state index contributed by atoms with van der Waals surface area (Å²) < 4.78 is 0. The largest absolute Gasteiger partial charge is 0.345 e. The molecule has 0 unspecified atom stereocenters. The third-order valence-electron chi connectivity index (χ3n) is 3.58. The van der Waals surface area contributed by atoms with Gasteiger partial charge in [-0.25, -0.2) is 0 Å². The molecule has 2 nitrogen and oxygen atoms in total. The minimum absolute atomic E-state index is 0.0108. The fourth-order valence-electron chi connectivity index (χ4n) is 2.44. The Morgan fingerprint density at radius 1 is 1.15 bits per heavy atom. The van der Waals surface area contributed by atoms with Crippen molar-refractivity contribution >= 4 is 17.7 Å². The molecule has 2 aromatic rings. The monoisotopic (exact) mass is 283 g/mol. The fourth-order valence-corrected chi connectivity index (χ4v) is 3.56. The molecule has 1 heterocycles. The molecule has 0 spiro atoms. The topological polar surface area (TPSA) is 29.1 Å². The lowest BCUT2D eigenvalue weighted by molar-refractivity contribution is 0.0935. The van der Waals surface area contributed by atoms with Gasteiger partial charge in [-0.2, -0.15) is 0 Å². The number of carbonyl (C=O) groups is 1. The van der Waals surface area contributed by atoms with E-state index in [9.17, 15) is 4.79 Å². The Bertz CT molecular complexity index is 621. The van der Waals surface area contributed by atoms with Crippen molar-refractivity contribution in [1.29, 1.82) is 0 Å². The van der Waals surface area contributed by atoms with Crippen molar-refractivity contribution in [2.75, 3.05) is 5.75 Å². The van der Waals surface area contributed by atoms with Gasteiger partial charge in [-0.1, -0.05) is 35.9 Å². The summed E-state index contributed by atoms with van der Waals surface area (Å²) >= 11 is 1.87. The zero-order valence-corrected chi connectivity index (χ0v) is 12.2. The third kappa shape index (κ3) is 2.73. The molecular weight excluding hydrogens is 266 g/mol. The van der Waals surface area contributed by atoms with Gasteiger partial charge in [0.25, 0.3) is 5.91 Å². The molecule has 1 atom stereocenters. The Kier molecular flexibility index (Phi) is 3.79. The van der Waals surface area contributed by atoms with Crippen molar-refractivity contribution in [3.8, 4) is 0 Å². The van der Waals surface area contributed by atoms with Crippen molar-refractivity contribution in [2.45, 2.75) is 24.3 Å². The number of rotatable bonds is 2. The maximum absolute atomic E-state index is 12.3. The van der Waals surface area contributed by atoms with E-state index in [1.165, 1.54) is 16.0 Å². The van der Waals surface area contributed by atoms with Crippen LogP contribution in [0.15, 0.2) is 53.4 Å². The highest BCUT2D eigenvalue weighted by atomic mass is 32.2. The summed E-state index contributed by atoms with van der Waals surface area (Å²) in [6, 6.07) is 16.2. The average molecular weight is 283 g/mol. The lowest BCUT2D eigenvalue weighted by Crippen LogP contribution is -2.30. The van der Waals surface area contributed by atoms with Crippen molar-refractivity contribution in [1.82, 2.24) is 5.32 Å². The molecule has 0 aromatic heterocycles. The number of amides is 1. The minimum atomic E-state index is 0.0108. The first kappa shape index (κ1) is 13.3. The second-order valence-corrected chi connectivity index (χ2v) is 6.20. The molecular formula is C17H17NOS. The van der Waals surface area contributed by atoms with Crippen LogP contribution < -0.4 is 5.32 Å². The van der Waals surface area contributed by atoms with E-state index < -0.39 is 0 Å². The van der Waals surface area contributed by atoms with E-state index in [2.05, 4.69) is 23.5 Å². The van der Waals surface area contributed by atoms with E-state index in [0.717, 1.165) is 17.7 Å². The Labute approximate surface area is 123 Å². The SMILES string of the molecule is Cc1ccc(C(=O)N[C@@H]2CCSc3ccccc32)cc1. The predicted molar refractivity (Wildman–Crippen MR) is 83.2 cm³/mol. The van der Waals surface area contributed by atoms with Crippen molar-refractivity contribution in [2.24, 2.45) is 0 Å². The van der Waals surface area contributed by atoms with Gasteiger partial charge in [0.2, 0.25) is 0 Å². The van der Waals surface area contributed by atoms with Gasteiger partial charge in [0.15, 0.2) is 0 Å². The van der Waals surface area contributed by atoms with Crippen molar-refractivity contribution in [3.63, 3.8) is 0 Å². The van der Waals surface area contributed by atoms with Crippen LogP contribution in [0, 0.1) is 6.92 Å². The second kappa shape index (κ2) is 5.71. The van der Waals surface area contributed by atoms with Crippen molar-refractivity contribution in [3.05, 3.63) is 65.2 Å². The second-order valence-electron chi connectivity index (χ2n) is 5.07. The van der Waals surface area contributed by atoms with Gasteiger partial charge in [-0.15, -0.1) is 11.8 Å². The Morgan fingerprint density at radius 2 is 1.90 bits per heavy atom. The van der Waals surface area contributed by atoms with E-state index >= 15 is 0 Å². The molecule has 0 saturated carbocycles. The minimum Gasteiger partial charge on any atom is -0.345 e. The molecule has 0 bridgehead atoms. The molecule has 0 aliphatic carbocycles. The van der Waals surface area contributed by atoms with Crippen LogP contribution in [0.5, 0.6) is 0 Å². The summed E-state index contributed by atoms with van der Waals surface area (Å²) in [5.74, 6) is 1.06. The van der Waals surface area contributed by atoms with E-state index in [4.69, 9.17) is 0 Å². The van der Waals surface area contributed by atoms with Gasteiger partial charge >= 0.3 is 0 Å². The number of aryl methyl sites for hydroxylation is 1. The zero-order valence-electron chi connectivity index (χ0n) is 11.4. The molecule has 0 fully saturated rings. The number of carbonyl (C=O) groups excluding carboxylic acids is 1. The van der Waals surface area contributed by atoms with E-state index in [1.807, 2.05) is 49.0 Å². The number of nitrogens with one attached hydrogen (secondary N) is 1. The number of thioether (sulfide) groups is 1. The molecule has 0 radical (unpaired) electrons. The van der Waals surface area contributed by atoms with Crippen LogP contribution in [0.3, 0.4) is 0 Å². The maximum atomic E-state index is 12.3. The maximum Gasteiger partial charge on any atom is 0.251 e. The Balaban J connectivity index is 1.79. The highest BCUT2D eigenvalue weighted by Gasteiger charge is 2.22. The summed E-state index contributed by atoms with van der Waals surface area (Å²) in [6.45, 7) is 2.02. The first-order valence-corrected chi connectivity index (χ1v) is 7.82. The van der Waals surface area contributed by atoms with E-state index in [-0.39, 0.29) is 11.9 Å². The van der Waals surface area contributed by atoms with Gasteiger partial charge in [0.1, 0.15) is 0 Å². The number of hydrogen-bond donors (Lipinski definition) is 1. The summed E-state index contributed by atoms with van der Waals surface area (Å²) in [5, 5.41) is 3.16. The fraction of sp³-hybridized carbons (Fsp3) is 0.235. The van der Waals surface area contributed by atoms with Gasteiger partial charge in [-0.05, 0) is 37.1 Å². The molecule has 1 N–H and O–H groups in total. The van der Waals surface area contributed by atoms with Crippen LogP contribution in [-0.4, -0.2) is 11.7 Å². The number of hydrogen-bond acceptors (Lipinski definition) is 2. The van der Waals surface area contributed by atoms with Crippen molar-refractivity contribution < 1.29 is 4.79 Å². The highest BCUT2D eigenvalue weighted by Crippen LogP contribution is 2.35. The van der Waals surface area contributed by atoms with Crippen LogP contribution in [0.25, 0.3) is 0 Å². The van der Waals surface area contributed by atoms with Crippen LogP contribution in [0.1, 0.15) is 33.9 Å². The van der Waals surface area contributed by atoms with Crippen LogP contribution in [-0.2, 0) is 0 Å². The summed E-state index contributed by atoms with van der Waals surface area (Å²) in [7, 11) is 0. The van der Waals surface area contributed by atoms with Crippen LogP contribution in [0.2, 0.25) is 0 Å². The Morgan fingerprint density at radius 3 is 2.70 bits per heavy atom. The number of benzene rings is 2. The lowest BCUT2D eigenvalue weighted by Gasteiger charge is -2.25. The zero-order chi connectivity index (χ0) is 13.9. The Hall–Kier alpha value is -1.74. The van der Waals surface area contributed by atoms with Gasteiger partial charge < -0.3 is 5.32 Å². The summed E-state index contributed by atoms with van der Waals surface area (Å²) in [6.07, 6.45) is 0.985. The smallest absolute Gasteiger partial charge is 0.251 e. The summed E-state index contributed by atoms with van der Waals surface area (Å²) in [4.78, 5) is 13.6. The molecule has 1 aliphatic rings. The summed E-state index contributed by atoms with van der Waals surface area (Å²) in [5.41, 5.74) is 3.14. The average Bonchev–Trinajstić information content (AvgIpc) is 2.48. The highest BCUT2D eigenvalue weighted by molar-refractivity contribution is 7.99. The molecule has 0 saturated heterocycles. The predicted octanol–water partition coefficient (Wildman–Crippen LogP) is 3.96. The third-order valence-corrected chi connectivity index (χ3v) is 4.70. The molecule has 3 rings (SSSR count). The standard InChI is InChI=1S/C17H17NOS/c1-12-6-8-13(9-7-12)17(19)18-15-10-11-20-16-5-3-2-4-14(15)16/h2-9,15H,10-11H2,1H3,(H,18,19)/t15-/m1/s1. The van der Waals surface area contributed by atoms with Gasteiger partial charge in [0.05, 0.1) is 6.04 Å². The first-order valence-electron chi connectivity index (χ1n) is 6.83. The number of fused-ring (bicyclic) bond motifs is 1. The lowest BCUT2D eigenvalue weighted by atomic mass is 10.0. The van der Waals surface area contributed by atoms with E-state index in [0.29, 0.717) is 0 Å². The van der Waals surface area contributed by atoms with Gasteiger partial charge in [0, 0.05) is 16.2 Å². The molecule has 1 aliphatic heterocycles. The van der Waals surface area contributed by atoms with E-state index in [1.54, 1.807) is 0 Å². The van der Waals surface area contributed by atoms with Gasteiger partial charge in [-0.3, -0.25) is 4.79 Å². The first-order chi connectivity index (χ1) is 9.74. The molecule has 20 heavy (non-hydrogen) atoms. The molecule has 3 heteroatoms. The molecule has 1 amide bonds. The molecule has 2 aromatic carbocycles.